The maximum absolute atomic E-state index is 9.41. The molecule has 0 fully saturated rings. The molecule has 22 aromatic rings. The molecule has 2 aromatic heterocycles. The van der Waals surface area contributed by atoms with E-state index in [2.05, 4.69) is 561 Å². The maximum atomic E-state index is 9.41. The average molecular weight is 2110 g/mol. The van der Waals surface area contributed by atoms with Crippen LogP contribution in [-0.2, 0) is 58.6 Å². The Morgan fingerprint density at radius 1 is 0.308 bits per heavy atom. The van der Waals surface area contributed by atoms with Gasteiger partial charge in [-0.15, -0.1) is 10.2 Å². The molecule has 0 saturated carbocycles. The van der Waals surface area contributed by atoms with Gasteiger partial charge in [-0.1, -0.05) is 358 Å². The van der Waals surface area contributed by atoms with Gasteiger partial charge in [0.15, 0.2) is 0 Å². The van der Waals surface area contributed by atoms with E-state index >= 15 is 0 Å². The standard InChI is InChI=1S/C44H32N2.C43H31N.C32H21N3O.CHI2O11.BHNP/c1-3-17-37(18-4-1)45(43-23-11-15-35-13-7-9-21-41(35)43)39-29-25-33(26-30-39)34-27-31-40(32-28-34)46(38-19-5-2-6-20-38)44-24-12-16-36-14-8-10-22-42(36)44;1-4-14-32(15-5-1)33-24-28-37(29-25-33)44(36-18-8-3-9-19-36)38-30-26-35(27-31-38)43(34-16-6-2-7-17-34)41-22-12-10-20-39(41)40-21-11-13-23-42(40)43;1-3-9-22(10-4-1)25-17-20-30-28(21-25)27-13-7-8-14-29(27)35(30)26-18-15-24(16-19-26)32-34-33-31(36-32)23-11-5-2-6-12-23;2-3-6-8-10-12-14-13-11-9-7-5-1-4;1-2-3/h1-32H;1-31H;1-21H;1H;3H/q;;;-1;. The molecule has 0 bridgehead atoms. The van der Waals surface area contributed by atoms with Gasteiger partial charge in [0.1, 0.15) is 0 Å². The molecule has 20 aromatic carbocycles. The van der Waals surface area contributed by atoms with Crippen molar-refractivity contribution in [2.75, 3.05) is 14.7 Å². The van der Waals surface area contributed by atoms with Gasteiger partial charge in [-0.2, -0.15) is 0 Å². The average Bonchev–Trinajstić information content (AvgIpc) is 1.54. The minimum atomic E-state index is -0.608. The molecule has 2 heterocycles. The summed E-state index contributed by atoms with van der Waals surface area (Å²) in [5.74, 6) is 1.03. The van der Waals surface area contributed by atoms with Crippen LogP contribution in [0.2, 0.25) is 0 Å². The molecule has 143 heavy (non-hydrogen) atoms. The minimum absolute atomic E-state index is 0.0812. The number of aromatic nitrogens is 3. The smallest absolute Gasteiger partial charge is 0.265 e. The molecule has 0 spiro atoms. The Morgan fingerprint density at radius 3 is 1.10 bits per heavy atom. The van der Waals surface area contributed by atoms with Crippen molar-refractivity contribution in [3.05, 3.63) is 532 Å². The molecule has 1 aliphatic carbocycles. The molecule has 0 saturated heterocycles. The number of para-hydroxylation sites is 4. The van der Waals surface area contributed by atoms with E-state index in [-0.39, 0.29) is 6.47 Å². The van der Waals surface area contributed by atoms with Crippen LogP contribution in [0.1, 0.15) is 22.3 Å². The molecular formula is C120H86BI2N7O12P-. The summed E-state index contributed by atoms with van der Waals surface area (Å²) in [7, 11) is 6.97. The molecule has 0 N–H and O–H groups in total. The van der Waals surface area contributed by atoms with Crippen LogP contribution < -0.4 is 32.3 Å². The Labute approximate surface area is 849 Å². The summed E-state index contributed by atoms with van der Waals surface area (Å²) < 4.78 is 15.3. The van der Waals surface area contributed by atoms with E-state index in [4.69, 9.17) is 4.42 Å². The van der Waals surface area contributed by atoms with Gasteiger partial charge in [0, 0.05) is 78.2 Å². The van der Waals surface area contributed by atoms with Crippen molar-refractivity contribution in [3.8, 4) is 73.1 Å². The molecule has 19 nitrogen and oxygen atoms in total. The van der Waals surface area contributed by atoms with Crippen LogP contribution in [-0.4, -0.2) is 29.2 Å². The second kappa shape index (κ2) is 47.3. The van der Waals surface area contributed by atoms with Crippen molar-refractivity contribution in [1.82, 2.24) is 14.8 Å². The van der Waals surface area contributed by atoms with Gasteiger partial charge >= 0.3 is 95.9 Å². The van der Waals surface area contributed by atoms with Gasteiger partial charge in [0.25, 0.3) is 7.98 Å². The normalized spacial score (nSPS) is 11.4. The Morgan fingerprint density at radius 2 is 0.629 bits per heavy atom. The molecular weight excluding hydrogens is 2030 g/mol. The zero-order valence-electron chi connectivity index (χ0n) is 76.4. The molecule has 23 heteroatoms. The molecule has 0 unspecified atom stereocenters. The number of hydrogen-bond donors (Lipinski definition) is 0. The first kappa shape index (κ1) is 95.9. The molecule has 2 radical (unpaired) electrons. The number of carbonyl (C=O) groups is 1. The van der Waals surface area contributed by atoms with Crippen molar-refractivity contribution >= 4 is 137 Å². The summed E-state index contributed by atoms with van der Waals surface area (Å²) in [5, 5.41) is 44.6. The number of nitrogens with zero attached hydrogens (tertiary/aromatic N) is 7. The van der Waals surface area contributed by atoms with Crippen molar-refractivity contribution < 1.29 is 75.3 Å². The summed E-state index contributed by atoms with van der Waals surface area (Å²) in [4.78, 5) is 20.0. The van der Waals surface area contributed by atoms with Gasteiger partial charge in [0.2, 0.25) is 11.8 Å². The Bertz CT molecular complexity index is 7730. The number of halogens is 2. The fourth-order valence-corrected chi connectivity index (χ4v) is 18.9. The molecule has 23 rings (SSSR count). The zero-order chi connectivity index (χ0) is 97.1. The number of rotatable bonds is 28. The quantitative estimate of drug-likeness (QED) is 0.00860. The third-order valence-corrected chi connectivity index (χ3v) is 25.7. The summed E-state index contributed by atoms with van der Waals surface area (Å²) in [6.07, 6.45) is 0. The van der Waals surface area contributed by atoms with Crippen LogP contribution in [0.4, 0.5) is 51.2 Å². The van der Waals surface area contributed by atoms with Crippen molar-refractivity contribution in [3.63, 3.8) is 0 Å². The Hall–Kier alpha value is -16.0. The van der Waals surface area contributed by atoms with E-state index in [0.29, 0.717) is 11.8 Å². The number of anilines is 9. The van der Waals surface area contributed by atoms with Gasteiger partial charge in [-0.05, 0) is 238 Å². The predicted molar refractivity (Wildman–Crippen MR) is 572 cm³/mol. The van der Waals surface area contributed by atoms with Crippen molar-refractivity contribution in [2.45, 2.75) is 5.41 Å². The zero-order valence-corrected chi connectivity index (χ0v) is 81.8. The van der Waals surface area contributed by atoms with Gasteiger partial charge in [-0.25, -0.2) is 0 Å². The van der Waals surface area contributed by atoms with Gasteiger partial charge in [0.05, 0.1) is 27.8 Å². The van der Waals surface area contributed by atoms with E-state index in [1.54, 1.807) is 0 Å². The monoisotopic (exact) mass is 2110 g/mol. The summed E-state index contributed by atoms with van der Waals surface area (Å²) in [6.45, 7) is -0.0812. The molecule has 1 aliphatic rings. The third kappa shape index (κ3) is 21.8. The summed E-state index contributed by atoms with van der Waals surface area (Å²) in [5.41, 5.74) is 30.1. The van der Waals surface area contributed by atoms with Crippen LogP contribution in [0, 0.1) is 0 Å². The topological polar surface area (TPSA) is 175 Å². The second-order valence-electron chi connectivity index (χ2n) is 32.5. The fraction of sp³-hybridized carbons (Fsp3) is 0.00833. The SMILES string of the molecule is O=COOOOOOOOOO[I-]I.[B]N=P.c1ccc(-c2ccc(N(c3ccccc3)c3ccc(C4(c5ccccc5)c5ccccc5-c5ccccc54)cc3)cc2)cc1.c1ccc(-c2ccc3c(c2)c2ccccc2n3-c2ccc(-c3nnc(-c4ccccc4)o3)cc2)cc1.c1ccc(N(c2ccc(-c3ccc(N(c4ccccc4)c4cccc5ccccc45)cc3)cc2)c2cccc3ccccc23)cc1. The second-order valence-corrected chi connectivity index (χ2v) is 35.7. The summed E-state index contributed by atoms with van der Waals surface area (Å²) in [6, 6.07) is 181. The maximum Gasteiger partial charge on any atom is 0.265 e. The molecule has 0 amide bonds. The van der Waals surface area contributed by atoms with Crippen molar-refractivity contribution in [1.29, 1.82) is 0 Å². The number of benzene rings is 20. The molecule has 696 valence electrons. The van der Waals surface area contributed by atoms with E-state index in [1.165, 1.54) is 110 Å². The van der Waals surface area contributed by atoms with Crippen LogP contribution in [0.15, 0.2) is 519 Å². The number of fused-ring (bicyclic) bond motifs is 8. The Balaban J connectivity index is 0.000000126. The molecule has 0 atom stereocenters. The first-order valence-electron chi connectivity index (χ1n) is 45.6. The molecule has 0 aliphatic heterocycles. The van der Waals surface area contributed by atoms with Gasteiger partial charge < -0.3 is 28.3 Å². The first-order chi connectivity index (χ1) is 70.8. The number of carbonyl (C=O) groups excluding carboxylic acids is 1. The third-order valence-electron chi connectivity index (χ3n) is 24.5. The van der Waals surface area contributed by atoms with Crippen LogP contribution >= 0.6 is 27.6 Å². The fourth-order valence-electron chi connectivity index (χ4n) is 18.4. The van der Waals surface area contributed by atoms with E-state index in [0.717, 1.165) is 68.0 Å². The first-order valence-corrected chi connectivity index (χ1v) is 53.2. The summed E-state index contributed by atoms with van der Waals surface area (Å²) >= 11 is 1.32. The van der Waals surface area contributed by atoms with Gasteiger partial charge in [-0.3, -0.25) is 0 Å². The Kier molecular flexibility index (Phi) is 31.7. The predicted octanol–water partition coefficient (Wildman–Crippen LogP) is 29.2. The minimum Gasteiger partial charge on any atom is -0.416 e. The van der Waals surface area contributed by atoms with Crippen LogP contribution in [0.5, 0.6) is 0 Å². The van der Waals surface area contributed by atoms with Crippen LogP contribution in [0.3, 0.4) is 0 Å². The largest absolute Gasteiger partial charge is 0.416 e. The van der Waals surface area contributed by atoms with E-state index in [1.807, 2.05) is 67.1 Å². The van der Waals surface area contributed by atoms with E-state index in [9.17, 15) is 4.79 Å². The van der Waals surface area contributed by atoms with E-state index < -0.39 is 23.1 Å². The number of hydrogen-bond acceptors (Lipinski definition) is 18. The van der Waals surface area contributed by atoms with Crippen LogP contribution in [0.25, 0.3) is 116 Å². The van der Waals surface area contributed by atoms with Crippen molar-refractivity contribution in [2.24, 2.45) is 4.66 Å².